The van der Waals surface area contributed by atoms with Gasteiger partial charge in [0, 0.05) is 18.7 Å². The van der Waals surface area contributed by atoms with Gasteiger partial charge in [0.25, 0.3) is 0 Å². The molecule has 2 N–H and O–H groups in total. The van der Waals surface area contributed by atoms with Crippen LogP contribution in [0.2, 0.25) is 0 Å². The van der Waals surface area contributed by atoms with Crippen molar-refractivity contribution in [2.45, 2.75) is 52.3 Å². The Labute approximate surface area is 218 Å². The maximum absolute atomic E-state index is 13.5. The van der Waals surface area contributed by atoms with Gasteiger partial charge in [0.1, 0.15) is 25.5 Å². The number of piperazine rings is 1. The van der Waals surface area contributed by atoms with E-state index in [9.17, 15) is 24.0 Å². The average molecular weight is 514 g/mol. The molecule has 12 heteroatoms. The van der Waals surface area contributed by atoms with Gasteiger partial charge in [-0.3, -0.25) is 14.4 Å². The number of nitrogens with zero attached hydrogens (tertiary/aromatic N) is 2. The van der Waals surface area contributed by atoms with Crippen LogP contribution in [0.3, 0.4) is 0 Å². The molecule has 200 valence electrons. The van der Waals surface area contributed by atoms with Crippen molar-refractivity contribution in [3.8, 4) is 0 Å². The van der Waals surface area contributed by atoms with E-state index >= 15 is 0 Å². The third-order valence-electron chi connectivity index (χ3n) is 5.67. The number of hydrogen-bond acceptors (Lipinski definition) is 7. The highest BCUT2D eigenvalue weighted by atomic mass is 16.6. The molecule has 0 unspecified atom stereocenters. The molecular formula is C25H35BN4O7. The smallest absolute Gasteiger partial charge is 0.410 e. The van der Waals surface area contributed by atoms with E-state index in [-0.39, 0.29) is 37.9 Å². The number of hydrogen-bond donors (Lipinski definition) is 2. The Kier molecular flexibility index (Phi) is 10.1. The Balaban J connectivity index is 2.24. The Morgan fingerprint density at radius 3 is 2.24 bits per heavy atom. The summed E-state index contributed by atoms with van der Waals surface area (Å²) in [4.78, 5) is 66.5. The second kappa shape index (κ2) is 12.6. The molecule has 0 aromatic heterocycles. The van der Waals surface area contributed by atoms with Crippen LogP contribution in [0.25, 0.3) is 0 Å². The van der Waals surface area contributed by atoms with Gasteiger partial charge in [0.2, 0.25) is 11.8 Å². The Bertz CT molecular complexity index is 1010. The molecule has 37 heavy (non-hydrogen) atoms. The number of alkyl carbamates (subject to hydrolysis) is 1. The third kappa shape index (κ3) is 8.50. The van der Waals surface area contributed by atoms with E-state index in [4.69, 9.17) is 12.6 Å². The van der Waals surface area contributed by atoms with Crippen molar-refractivity contribution < 1.29 is 33.4 Å². The molecule has 1 aliphatic rings. The van der Waals surface area contributed by atoms with E-state index in [1.165, 1.54) is 16.9 Å². The van der Waals surface area contributed by atoms with Crippen molar-refractivity contribution in [3.63, 3.8) is 0 Å². The number of amides is 4. The lowest BCUT2D eigenvalue weighted by molar-refractivity contribution is -0.146. The van der Waals surface area contributed by atoms with Crippen molar-refractivity contribution in [1.82, 2.24) is 20.4 Å². The summed E-state index contributed by atoms with van der Waals surface area (Å²) in [5, 5.41) is 5.08. The van der Waals surface area contributed by atoms with Gasteiger partial charge < -0.3 is 29.9 Å². The SMILES string of the molecule is [B]c1ccc(C(=O)CNC(=O)[C@@H]2CN(C(=O)OC(C)(C)C)CCN2C(=O)[C@@H](NC(=O)OC)C(C)C)cc1. The molecule has 2 atom stereocenters. The topological polar surface area (TPSA) is 134 Å². The standard InChI is InChI=1S/C25H35BN4O7/c1-15(2)20(28-23(34)36-6)22(33)30-12-11-29(24(35)37-25(3,4)5)14-18(30)21(32)27-13-19(31)16-7-9-17(26)10-8-16/h7-10,15,18,20H,11-14H2,1-6H3,(H,27,32)(H,28,34)/t18-,20-/m0/s1. The van der Waals surface area contributed by atoms with Crippen molar-refractivity contribution in [2.24, 2.45) is 5.92 Å². The van der Waals surface area contributed by atoms with E-state index in [1.54, 1.807) is 58.9 Å². The first-order valence-corrected chi connectivity index (χ1v) is 12.0. The molecule has 1 aromatic carbocycles. The van der Waals surface area contributed by atoms with Crippen molar-refractivity contribution in [3.05, 3.63) is 29.8 Å². The Morgan fingerprint density at radius 1 is 1.08 bits per heavy atom. The Morgan fingerprint density at radius 2 is 1.70 bits per heavy atom. The molecule has 0 spiro atoms. The molecule has 0 bridgehead atoms. The molecule has 1 heterocycles. The van der Waals surface area contributed by atoms with Crippen LogP contribution in [0.1, 0.15) is 45.0 Å². The Hall–Kier alpha value is -3.57. The summed E-state index contributed by atoms with van der Waals surface area (Å²) in [5.41, 5.74) is 0.114. The zero-order chi connectivity index (χ0) is 27.9. The number of rotatable bonds is 7. The molecule has 0 aliphatic carbocycles. The number of Topliss-reactive ketones (excluding diaryl/α,β-unsaturated/α-hetero) is 1. The van der Waals surface area contributed by atoms with Gasteiger partial charge in [-0.15, -0.1) is 0 Å². The summed E-state index contributed by atoms with van der Waals surface area (Å²) in [5.74, 6) is -1.79. The predicted molar refractivity (Wildman–Crippen MR) is 137 cm³/mol. The summed E-state index contributed by atoms with van der Waals surface area (Å²) in [6.45, 7) is 8.35. The van der Waals surface area contributed by atoms with E-state index < -0.39 is 41.7 Å². The normalized spacial score (nSPS) is 16.6. The lowest BCUT2D eigenvalue weighted by atomic mass is 9.94. The first kappa shape index (κ1) is 29.7. The van der Waals surface area contributed by atoms with Crippen LogP contribution in [0.4, 0.5) is 9.59 Å². The maximum Gasteiger partial charge on any atom is 0.410 e. The van der Waals surface area contributed by atoms with E-state index in [0.717, 1.165) is 0 Å². The second-order valence-electron chi connectivity index (χ2n) is 10.1. The first-order chi connectivity index (χ1) is 17.2. The van der Waals surface area contributed by atoms with Gasteiger partial charge in [-0.1, -0.05) is 43.6 Å². The summed E-state index contributed by atoms with van der Waals surface area (Å²) in [6, 6.07) is 4.18. The molecule has 11 nitrogen and oxygen atoms in total. The first-order valence-electron chi connectivity index (χ1n) is 12.0. The predicted octanol–water partition coefficient (Wildman–Crippen LogP) is 0.608. The van der Waals surface area contributed by atoms with Crippen molar-refractivity contribution >= 4 is 43.1 Å². The lowest BCUT2D eigenvalue weighted by Gasteiger charge is -2.42. The number of ketones is 1. The average Bonchev–Trinajstić information content (AvgIpc) is 2.83. The number of carbonyl (C=O) groups excluding carboxylic acids is 5. The number of nitrogens with one attached hydrogen (secondary N) is 2. The van der Waals surface area contributed by atoms with Gasteiger partial charge in [0.05, 0.1) is 20.2 Å². The van der Waals surface area contributed by atoms with E-state index in [2.05, 4.69) is 15.4 Å². The van der Waals surface area contributed by atoms with Gasteiger partial charge in [-0.25, -0.2) is 9.59 Å². The van der Waals surface area contributed by atoms with Crippen LogP contribution in [0, 0.1) is 5.92 Å². The number of ether oxygens (including phenoxy) is 2. The van der Waals surface area contributed by atoms with Crippen LogP contribution in [-0.4, -0.2) is 98.4 Å². The summed E-state index contributed by atoms with van der Waals surface area (Å²) in [6.07, 6.45) is -1.40. The molecule has 2 rings (SSSR count). The number of carbonyl (C=O) groups is 5. The molecule has 2 radical (unpaired) electrons. The molecule has 4 amide bonds. The summed E-state index contributed by atoms with van der Waals surface area (Å²) < 4.78 is 10.1. The summed E-state index contributed by atoms with van der Waals surface area (Å²) in [7, 11) is 6.84. The van der Waals surface area contributed by atoms with Gasteiger partial charge in [0.15, 0.2) is 5.78 Å². The van der Waals surface area contributed by atoms with Gasteiger partial charge in [-0.05, 0) is 26.7 Å². The van der Waals surface area contributed by atoms with Crippen LogP contribution >= 0.6 is 0 Å². The largest absolute Gasteiger partial charge is 0.453 e. The van der Waals surface area contributed by atoms with E-state index in [1.807, 2.05) is 0 Å². The molecule has 0 saturated carbocycles. The minimum Gasteiger partial charge on any atom is -0.453 e. The monoisotopic (exact) mass is 514 g/mol. The molecule has 1 fully saturated rings. The fraction of sp³-hybridized carbons (Fsp3) is 0.560. The minimum atomic E-state index is -1.12. The number of benzene rings is 1. The van der Waals surface area contributed by atoms with Gasteiger partial charge >= 0.3 is 12.2 Å². The van der Waals surface area contributed by atoms with Crippen LogP contribution in [0.5, 0.6) is 0 Å². The fourth-order valence-corrected chi connectivity index (χ4v) is 3.70. The van der Waals surface area contributed by atoms with Crippen LogP contribution in [-0.2, 0) is 19.1 Å². The highest BCUT2D eigenvalue weighted by Crippen LogP contribution is 2.18. The summed E-state index contributed by atoms with van der Waals surface area (Å²) >= 11 is 0. The fourth-order valence-electron chi connectivity index (χ4n) is 3.70. The molecule has 1 aromatic rings. The molecule has 1 aliphatic heterocycles. The van der Waals surface area contributed by atoms with Crippen LogP contribution in [0.15, 0.2) is 24.3 Å². The van der Waals surface area contributed by atoms with Crippen LogP contribution < -0.4 is 16.1 Å². The minimum absolute atomic E-state index is 0.0220. The second-order valence-corrected chi connectivity index (χ2v) is 10.1. The zero-order valence-electron chi connectivity index (χ0n) is 22.2. The van der Waals surface area contributed by atoms with Crippen molar-refractivity contribution in [2.75, 3.05) is 33.3 Å². The molecule has 1 saturated heterocycles. The highest BCUT2D eigenvalue weighted by molar-refractivity contribution is 6.32. The van der Waals surface area contributed by atoms with E-state index in [0.29, 0.717) is 11.0 Å². The third-order valence-corrected chi connectivity index (χ3v) is 5.67. The highest BCUT2D eigenvalue weighted by Gasteiger charge is 2.41. The zero-order valence-corrected chi connectivity index (χ0v) is 22.2. The maximum atomic E-state index is 13.5. The molecular weight excluding hydrogens is 479 g/mol. The van der Waals surface area contributed by atoms with Crippen molar-refractivity contribution in [1.29, 1.82) is 0 Å². The quantitative estimate of drug-likeness (QED) is 0.402. The number of methoxy groups -OCH3 is 1. The lowest BCUT2D eigenvalue weighted by Crippen LogP contribution is -2.65. The van der Waals surface area contributed by atoms with Gasteiger partial charge in [-0.2, -0.15) is 0 Å².